The number of ether oxygens (including phenoxy) is 4. The summed E-state index contributed by atoms with van der Waals surface area (Å²) in [7, 11) is 0. The second kappa shape index (κ2) is 19.6. The fraction of sp³-hybridized carbons (Fsp3) is 0.233. The number of nitrogens with one attached hydrogen (secondary N) is 1. The molecule has 0 spiro atoms. The van der Waals surface area contributed by atoms with E-state index in [-0.39, 0.29) is 45.9 Å². The highest BCUT2D eigenvalue weighted by molar-refractivity contribution is 8.00. The summed E-state index contributed by atoms with van der Waals surface area (Å²) in [5, 5.41) is 16.6. The third-order valence-corrected chi connectivity index (χ3v) is 11.1. The van der Waals surface area contributed by atoms with E-state index in [4.69, 9.17) is 29.5 Å². The van der Waals surface area contributed by atoms with E-state index in [1.807, 2.05) is 12.1 Å². The zero-order valence-corrected chi connectivity index (χ0v) is 35.6. The Morgan fingerprint density at radius 1 is 0.952 bits per heavy atom. The van der Waals surface area contributed by atoms with Crippen LogP contribution in [0.1, 0.15) is 61.0 Å². The number of hydrogen-bond donors (Lipinski definition) is 3. The number of β-lactam (4-membered cyclic amide) rings is 1. The topological polar surface area (TPSA) is 252 Å². The molecule has 1 saturated heterocycles. The number of fused-ring (bicyclic) bond motifs is 1. The predicted octanol–water partition coefficient (Wildman–Crippen LogP) is 4.56. The van der Waals surface area contributed by atoms with Crippen LogP contribution in [0.25, 0.3) is 0 Å². The first-order valence-electron chi connectivity index (χ1n) is 18.9. The number of carboxylic acids is 1. The van der Waals surface area contributed by atoms with Crippen molar-refractivity contribution < 1.29 is 62.5 Å². The van der Waals surface area contributed by atoms with Gasteiger partial charge < -0.3 is 39.9 Å². The fourth-order valence-corrected chi connectivity index (χ4v) is 7.89. The molecule has 1 fully saturated rings. The Morgan fingerprint density at radius 3 is 2.17 bits per heavy atom. The van der Waals surface area contributed by atoms with Crippen molar-refractivity contribution in [3.8, 4) is 11.5 Å². The van der Waals surface area contributed by atoms with Gasteiger partial charge in [0.25, 0.3) is 11.8 Å². The number of nitrogens with zero attached hydrogens (tertiary/aromatic N) is 3. The number of carbonyl (C=O) groups is 7. The van der Waals surface area contributed by atoms with Crippen molar-refractivity contribution in [3.05, 3.63) is 130 Å². The maximum Gasteiger partial charge on any atom is 0.356 e. The summed E-state index contributed by atoms with van der Waals surface area (Å²) in [5.74, 6) is -6.14. The number of benzene rings is 3. The number of nitrogen functional groups attached to an aromatic ring is 1. The molecular weight excluding hydrogens is 859 g/mol. The van der Waals surface area contributed by atoms with Gasteiger partial charge in [-0.2, -0.15) is 0 Å². The lowest BCUT2D eigenvalue weighted by Crippen LogP contribution is -2.71. The van der Waals surface area contributed by atoms with Crippen molar-refractivity contribution in [2.24, 2.45) is 5.16 Å². The highest BCUT2D eigenvalue weighted by atomic mass is 32.2. The number of nitrogens with two attached hydrogens (primary N) is 1. The smallest absolute Gasteiger partial charge is 0.356 e. The van der Waals surface area contributed by atoms with E-state index in [0.29, 0.717) is 16.7 Å². The van der Waals surface area contributed by atoms with Crippen LogP contribution >= 0.6 is 23.1 Å². The number of rotatable bonds is 16. The fourth-order valence-electron chi connectivity index (χ4n) is 6.02. The summed E-state index contributed by atoms with van der Waals surface area (Å²) >= 11 is 2.22. The van der Waals surface area contributed by atoms with Gasteiger partial charge >= 0.3 is 29.8 Å². The number of hydrogen-bond acceptors (Lipinski definition) is 17. The summed E-state index contributed by atoms with van der Waals surface area (Å²) < 4.78 is 21.8. The summed E-state index contributed by atoms with van der Waals surface area (Å²) in [6.07, 6.45) is 2.08. The molecule has 4 aromatic rings. The molecule has 3 aromatic carbocycles. The number of esters is 4. The number of anilines is 1. The van der Waals surface area contributed by atoms with E-state index in [0.717, 1.165) is 25.2 Å². The van der Waals surface area contributed by atoms with Crippen molar-refractivity contribution in [2.75, 3.05) is 18.1 Å². The van der Waals surface area contributed by atoms with Gasteiger partial charge in [0, 0.05) is 25.0 Å². The van der Waals surface area contributed by atoms with Gasteiger partial charge in [-0.05, 0) is 54.8 Å². The predicted molar refractivity (Wildman–Crippen MR) is 227 cm³/mol. The van der Waals surface area contributed by atoms with Crippen molar-refractivity contribution in [2.45, 2.75) is 50.8 Å². The van der Waals surface area contributed by atoms with Crippen LogP contribution in [0.3, 0.4) is 0 Å². The largest absolute Gasteiger partial charge is 0.478 e. The van der Waals surface area contributed by atoms with Gasteiger partial charge in [0.15, 0.2) is 28.4 Å². The van der Waals surface area contributed by atoms with Gasteiger partial charge in [-0.25, -0.2) is 19.4 Å². The van der Waals surface area contributed by atoms with E-state index < -0.39 is 70.5 Å². The summed E-state index contributed by atoms with van der Waals surface area (Å²) in [4.78, 5) is 101. The maximum atomic E-state index is 14.4. The van der Waals surface area contributed by atoms with E-state index in [1.165, 1.54) is 66.2 Å². The molecule has 3 heterocycles. The van der Waals surface area contributed by atoms with Crippen LogP contribution < -0.4 is 20.5 Å². The summed E-state index contributed by atoms with van der Waals surface area (Å²) in [6, 6.07) is 20.6. The van der Waals surface area contributed by atoms with Crippen LogP contribution in [-0.4, -0.2) is 91.7 Å². The first-order valence-corrected chi connectivity index (χ1v) is 20.8. The molecule has 18 nitrogen and oxygen atoms in total. The van der Waals surface area contributed by atoms with E-state index in [9.17, 15) is 38.7 Å². The van der Waals surface area contributed by atoms with E-state index in [2.05, 4.69) is 15.5 Å². The molecule has 0 saturated carbocycles. The molecule has 4 N–H and O–H groups in total. The Morgan fingerprint density at radius 2 is 1.59 bits per heavy atom. The molecule has 2 aliphatic heterocycles. The van der Waals surface area contributed by atoms with Gasteiger partial charge in [0.2, 0.25) is 5.60 Å². The minimum atomic E-state index is -1.83. The van der Waals surface area contributed by atoms with Crippen molar-refractivity contribution >= 4 is 75.6 Å². The molecule has 2 amide bonds. The van der Waals surface area contributed by atoms with Gasteiger partial charge in [-0.15, -0.1) is 23.1 Å². The number of thiazole rings is 1. The standard InChI is InChI=1S/C43H39N5O13S2/c1-23(49)58-30-18-17-27(20-31(30)59-24(2)50)39(53)57-19-11-16-28-21-62-38-33(46-36(51)32(29-22-63-42(44)45-29)47-61-43(3,4)41(55)56)37(52)48(38)34(28)40(54)60-35(25-12-7-5-8-13-25)26-14-9-6-10-15-26/h5-18,20,22,33,35,38H,19,21H2,1-4H3,(H2,44,45)(H,46,51)(H,55,56)/b16-11+,47-32-. The SMILES string of the molecule is CC(=O)Oc1ccc(C(=O)OC/C=C/C2=C(C(=O)OC(c3ccccc3)c3ccccc3)N3C(=O)C(NC(=O)/C(=N\OC(C)(C)C(=O)O)c4csc(N)n4)C3SC2)cc1OC(C)=O. The Hall–Kier alpha value is -7.32. The first kappa shape index (κ1) is 45.2. The maximum absolute atomic E-state index is 14.4. The number of carbonyl (C=O) groups excluding carboxylic acids is 6. The van der Waals surface area contributed by atoms with Gasteiger partial charge in [0.05, 0.1) is 5.56 Å². The molecule has 0 bridgehead atoms. The lowest BCUT2D eigenvalue weighted by Gasteiger charge is -2.49. The normalized spacial score (nSPS) is 16.2. The molecule has 2 unspecified atom stereocenters. The number of aliphatic carboxylic acids is 1. The Bertz CT molecular complexity index is 2500. The lowest BCUT2D eigenvalue weighted by atomic mass is 10.0. The molecule has 2 aliphatic rings. The van der Waals surface area contributed by atoms with Gasteiger partial charge in [0.1, 0.15) is 29.4 Å². The first-order chi connectivity index (χ1) is 30.0. The van der Waals surface area contributed by atoms with Crippen LogP contribution in [0.15, 0.2) is 113 Å². The van der Waals surface area contributed by atoms with Gasteiger partial charge in [-0.1, -0.05) is 71.9 Å². The monoisotopic (exact) mass is 897 g/mol. The highest BCUT2D eigenvalue weighted by Crippen LogP contribution is 2.42. The highest BCUT2D eigenvalue weighted by Gasteiger charge is 2.55. The molecule has 20 heteroatoms. The molecular formula is C43H39N5O13S2. The Labute approximate surface area is 367 Å². The molecule has 6 rings (SSSR count). The van der Waals surface area contributed by atoms with Crippen LogP contribution in [0.2, 0.25) is 0 Å². The average molecular weight is 898 g/mol. The third-order valence-electron chi connectivity index (χ3n) is 9.08. The number of carboxylic acid groups (broad SMARTS) is 1. The summed E-state index contributed by atoms with van der Waals surface area (Å²) in [5.41, 5.74) is 5.02. The zero-order valence-electron chi connectivity index (χ0n) is 34.0. The number of amides is 2. The van der Waals surface area contributed by atoms with Crippen molar-refractivity contribution in [1.29, 1.82) is 0 Å². The Kier molecular flexibility index (Phi) is 14.1. The number of oxime groups is 1. The second-order valence-corrected chi connectivity index (χ2v) is 16.1. The van der Waals surface area contributed by atoms with E-state index >= 15 is 0 Å². The lowest BCUT2D eigenvalue weighted by molar-refractivity contribution is -0.161. The van der Waals surface area contributed by atoms with Gasteiger partial charge in [-0.3, -0.25) is 24.1 Å². The molecule has 2 atom stereocenters. The molecule has 0 aliphatic carbocycles. The molecule has 63 heavy (non-hydrogen) atoms. The second-order valence-electron chi connectivity index (χ2n) is 14.1. The number of thioether (sulfide) groups is 1. The zero-order chi connectivity index (χ0) is 45.4. The number of allylic oxidation sites excluding steroid dienone is 1. The van der Waals surface area contributed by atoms with Crippen LogP contribution in [0.5, 0.6) is 11.5 Å². The minimum Gasteiger partial charge on any atom is -0.478 e. The van der Waals surface area contributed by atoms with Crippen molar-refractivity contribution in [1.82, 2.24) is 15.2 Å². The van der Waals surface area contributed by atoms with Crippen LogP contribution in [0, 0.1) is 0 Å². The summed E-state index contributed by atoms with van der Waals surface area (Å²) in [6.45, 7) is 4.46. The molecule has 326 valence electrons. The quantitative estimate of drug-likeness (QED) is 0.0458. The third kappa shape index (κ3) is 10.8. The molecule has 1 aromatic heterocycles. The minimum absolute atomic E-state index is 0.0224. The number of aromatic nitrogens is 1. The van der Waals surface area contributed by atoms with Crippen LogP contribution in [-0.2, 0) is 43.1 Å². The Balaban J connectivity index is 1.27. The van der Waals surface area contributed by atoms with Crippen molar-refractivity contribution in [3.63, 3.8) is 0 Å². The average Bonchev–Trinajstić information content (AvgIpc) is 3.69. The molecule has 0 radical (unpaired) electrons. The van der Waals surface area contributed by atoms with Crippen LogP contribution in [0.4, 0.5) is 5.13 Å². The van der Waals surface area contributed by atoms with E-state index in [1.54, 1.807) is 48.5 Å².